The molecule has 0 unspecified atom stereocenters. The van der Waals surface area contributed by atoms with Crippen LogP contribution < -0.4 is 24.8 Å². The van der Waals surface area contributed by atoms with Crippen LogP contribution in [0, 0.1) is 19.9 Å². The molecule has 0 saturated carbocycles. The van der Waals surface area contributed by atoms with Gasteiger partial charge < -0.3 is 24.8 Å². The first-order valence-electron chi connectivity index (χ1n) is 16.9. The van der Waals surface area contributed by atoms with Crippen molar-refractivity contribution in [1.29, 1.82) is 0 Å². The largest absolute Gasteiger partial charge is 1.00 e. The summed E-state index contributed by atoms with van der Waals surface area (Å²) in [6.07, 6.45) is 3.51. The van der Waals surface area contributed by atoms with E-state index in [0.717, 1.165) is 6.42 Å². The van der Waals surface area contributed by atoms with Gasteiger partial charge >= 0.3 is 54.1 Å². The van der Waals surface area contributed by atoms with Gasteiger partial charge in [0.1, 0.15) is 0 Å². The third-order valence-corrected chi connectivity index (χ3v) is 10.7. The summed E-state index contributed by atoms with van der Waals surface area (Å²) in [5.74, 6) is 0. The fourth-order valence-corrected chi connectivity index (χ4v) is 6.15. The van der Waals surface area contributed by atoms with E-state index in [-0.39, 0.29) is 35.6 Å². The Kier molecular flexibility index (Phi) is 15.6. The number of benzene rings is 4. The third kappa shape index (κ3) is 10.1. The Morgan fingerprint density at radius 3 is 1.58 bits per heavy atom. The topological polar surface area (TPSA) is 0 Å². The van der Waals surface area contributed by atoms with Crippen molar-refractivity contribution in [2.45, 2.75) is 99.3 Å². The predicted octanol–water partition coefficient (Wildman–Crippen LogP) is 6.54. The van der Waals surface area contributed by atoms with Gasteiger partial charge in [-0.1, -0.05) is 124 Å². The minimum absolute atomic E-state index is 0. The molecule has 1 aliphatic carbocycles. The van der Waals surface area contributed by atoms with Crippen LogP contribution in [0.3, 0.4) is 0 Å². The molecule has 0 nitrogen and oxygen atoms in total. The zero-order chi connectivity index (χ0) is 33.6. The maximum Gasteiger partial charge on any atom is -0.0126 e. The molecule has 252 valence electrons. The van der Waals surface area contributed by atoms with Crippen molar-refractivity contribution in [2.24, 2.45) is 0 Å². The second-order valence-electron chi connectivity index (χ2n) is 14.6. The van der Waals surface area contributed by atoms with Gasteiger partial charge in [0.15, 0.2) is 0 Å². The van der Waals surface area contributed by atoms with Crippen LogP contribution in [-0.4, -0.2) is 3.21 Å². The van der Waals surface area contributed by atoms with E-state index in [2.05, 4.69) is 142 Å². The number of fused-ring (bicyclic) bond motifs is 3. The molecule has 0 fully saturated rings. The summed E-state index contributed by atoms with van der Waals surface area (Å²) in [5.41, 5.74) is 16.3. The minimum Gasteiger partial charge on any atom is -1.00 e. The summed E-state index contributed by atoms with van der Waals surface area (Å²) < 4.78 is 1.68. The third-order valence-electron chi connectivity index (χ3n) is 8.93. The van der Waals surface area contributed by atoms with Crippen LogP contribution in [0.2, 0.25) is 0 Å². The molecule has 5 aromatic carbocycles. The molecule has 0 radical (unpaired) electrons. The molecule has 0 amide bonds. The summed E-state index contributed by atoms with van der Waals surface area (Å²) in [6, 6.07) is 38.9. The van der Waals surface area contributed by atoms with Crippen molar-refractivity contribution in [3.8, 4) is 33.4 Å². The number of hydrogen-bond acceptors (Lipinski definition) is 0. The summed E-state index contributed by atoms with van der Waals surface area (Å²) >= 11 is 1.62. The minimum atomic E-state index is 0. The van der Waals surface area contributed by atoms with Crippen molar-refractivity contribution in [3.63, 3.8) is 0 Å². The van der Waals surface area contributed by atoms with Crippen LogP contribution in [0.4, 0.5) is 0 Å². The van der Waals surface area contributed by atoms with Gasteiger partial charge in [0.2, 0.25) is 0 Å². The van der Waals surface area contributed by atoms with Crippen molar-refractivity contribution in [3.05, 3.63) is 137 Å². The molecule has 0 aromatic heterocycles. The van der Waals surface area contributed by atoms with Gasteiger partial charge in [0.05, 0.1) is 0 Å². The van der Waals surface area contributed by atoms with Gasteiger partial charge in [-0.05, 0) is 58.9 Å². The van der Waals surface area contributed by atoms with Crippen LogP contribution in [0.15, 0.2) is 97.1 Å². The van der Waals surface area contributed by atoms with E-state index in [4.69, 9.17) is 0 Å². The molecule has 0 N–H and O–H groups in total. The fourth-order valence-electron chi connectivity index (χ4n) is 6.15. The molecule has 3 heteroatoms. The maximum absolute atomic E-state index is 3.93. The van der Waals surface area contributed by atoms with Gasteiger partial charge in [-0.25, -0.2) is 12.1 Å². The van der Waals surface area contributed by atoms with E-state index in [1.54, 1.807) is 27.4 Å². The normalized spacial score (nSPS) is 11.4. The van der Waals surface area contributed by atoms with Crippen molar-refractivity contribution < 1.29 is 49.0 Å². The molecule has 0 bridgehead atoms. The molecule has 0 atom stereocenters. The Morgan fingerprint density at radius 2 is 1.15 bits per heavy atom. The van der Waals surface area contributed by atoms with E-state index >= 15 is 0 Å². The summed E-state index contributed by atoms with van der Waals surface area (Å²) in [6.45, 7) is 22.8. The monoisotopic (exact) mass is 752 g/mol. The summed E-state index contributed by atoms with van der Waals surface area (Å²) in [5, 5.41) is 0. The molecule has 0 spiro atoms. The number of aryl methyl sites for hydroxylation is 2. The Balaban J connectivity index is 0.000000528. The molecule has 1 aliphatic rings. The first-order chi connectivity index (χ1) is 21.8. The summed E-state index contributed by atoms with van der Waals surface area (Å²) in [7, 11) is 0. The van der Waals surface area contributed by atoms with Gasteiger partial charge in [-0.3, -0.25) is 0 Å². The molecule has 48 heavy (non-hydrogen) atoms. The number of hydrogen-bond donors (Lipinski definition) is 0. The SMILES string of the molecule is CC[C](=[Zr+2])CC.Cc1ccccc1-c1[c-]c2c(cc1C(C)(C)C)-c1cc(C(C)(C)C)c(-c3ccccc3C)cc1C2.[Cl-].[Cl-].c1cc[cH-]c1. The second-order valence-corrected chi connectivity index (χ2v) is 16.3. The van der Waals surface area contributed by atoms with Crippen LogP contribution in [0.1, 0.15) is 102 Å². The zero-order valence-electron chi connectivity index (χ0n) is 30.6. The van der Waals surface area contributed by atoms with E-state index in [1.807, 2.05) is 30.3 Å². The average Bonchev–Trinajstić information content (AvgIpc) is 3.71. The second kappa shape index (κ2) is 18.0. The summed E-state index contributed by atoms with van der Waals surface area (Å²) in [4.78, 5) is 0. The van der Waals surface area contributed by atoms with Crippen LogP contribution in [-0.2, 0) is 41.5 Å². The van der Waals surface area contributed by atoms with E-state index in [9.17, 15) is 0 Å². The van der Waals surface area contributed by atoms with Crippen LogP contribution in [0.5, 0.6) is 0 Å². The van der Waals surface area contributed by atoms with Crippen LogP contribution in [0.25, 0.3) is 33.4 Å². The molecular formula is C45H52Cl2Zr-2. The molecule has 0 aliphatic heterocycles. The standard InChI is InChI=1S/C35H37.C5H5.C5H10.2ClH.Zr/c1-22-13-9-11-15-26(22)30-18-24-17-25-19-31(27-16-12-10-14-23(27)2)33(35(6,7)8)21-29(25)28(24)20-32(30)34(3,4)5;1-2-4-5-3-1;1-3-5-4-2;;;/h9-16,18,20-21H,17H2,1-8H3;1-5H;3-4H2,1-2H3;2*1H;/q2*-1;;;;+2/p-2. The van der Waals surface area contributed by atoms with Crippen LogP contribution >= 0.6 is 0 Å². The van der Waals surface area contributed by atoms with Gasteiger partial charge in [0.25, 0.3) is 0 Å². The van der Waals surface area contributed by atoms with E-state index < -0.39 is 0 Å². The first kappa shape index (κ1) is 41.7. The Bertz CT molecular complexity index is 1650. The smallest absolute Gasteiger partial charge is 0.0126 e. The maximum atomic E-state index is 3.93. The van der Waals surface area contributed by atoms with Crippen molar-refractivity contribution in [1.82, 2.24) is 0 Å². The number of halogens is 2. The predicted molar refractivity (Wildman–Crippen MR) is 199 cm³/mol. The van der Waals surface area contributed by atoms with Crippen molar-refractivity contribution in [2.75, 3.05) is 0 Å². The quantitative estimate of drug-likeness (QED) is 0.180. The molecule has 0 saturated heterocycles. The Morgan fingerprint density at radius 1 is 0.646 bits per heavy atom. The first-order valence-corrected chi connectivity index (χ1v) is 18.1. The van der Waals surface area contributed by atoms with E-state index in [1.165, 1.54) is 79.6 Å². The van der Waals surface area contributed by atoms with Gasteiger partial charge in [0, 0.05) is 0 Å². The molecule has 6 rings (SSSR count). The fraction of sp³-hybridized carbons (Fsp3) is 0.333. The zero-order valence-corrected chi connectivity index (χ0v) is 34.6. The Labute approximate surface area is 319 Å². The molecular weight excluding hydrogens is 703 g/mol. The van der Waals surface area contributed by atoms with Gasteiger partial charge in [-0.15, -0.1) is 28.8 Å². The number of rotatable bonds is 4. The van der Waals surface area contributed by atoms with Gasteiger partial charge in [-0.2, -0.15) is 18.2 Å². The molecule has 0 heterocycles. The van der Waals surface area contributed by atoms with E-state index in [0.29, 0.717) is 0 Å². The average molecular weight is 755 g/mol. The Hall–Kier alpha value is -2.44. The van der Waals surface area contributed by atoms with Crippen molar-refractivity contribution >= 4 is 3.21 Å². The molecule has 5 aromatic rings.